The molecule has 0 heterocycles. The second-order valence-corrected chi connectivity index (χ2v) is 8.05. The number of benzene rings is 2. The highest BCUT2D eigenvalue weighted by molar-refractivity contribution is 6.03. The van der Waals surface area contributed by atoms with Crippen molar-refractivity contribution >= 4 is 29.4 Å². The van der Waals surface area contributed by atoms with Gasteiger partial charge in [0.25, 0.3) is 5.91 Å². The van der Waals surface area contributed by atoms with Crippen molar-refractivity contribution in [3.05, 3.63) is 89.6 Å². The van der Waals surface area contributed by atoms with Gasteiger partial charge in [0.1, 0.15) is 18.1 Å². The second-order valence-electron chi connectivity index (χ2n) is 8.05. The predicted octanol–water partition coefficient (Wildman–Crippen LogP) is 2.70. The molecule has 0 aliphatic heterocycles. The van der Waals surface area contributed by atoms with Gasteiger partial charge in [-0.25, -0.2) is 4.79 Å². The van der Waals surface area contributed by atoms with Crippen LogP contribution in [-0.4, -0.2) is 41.2 Å². The van der Waals surface area contributed by atoms with Crippen molar-refractivity contribution in [2.75, 3.05) is 6.54 Å². The van der Waals surface area contributed by atoms with Crippen LogP contribution in [0.2, 0.25) is 0 Å². The lowest BCUT2D eigenvalue weighted by Gasteiger charge is -2.26. The fourth-order valence-corrected chi connectivity index (χ4v) is 3.21. The van der Waals surface area contributed by atoms with Gasteiger partial charge in [-0.2, -0.15) is 0 Å². The zero-order chi connectivity index (χ0) is 26.0. The quantitative estimate of drug-likeness (QED) is 0.204. The van der Waals surface area contributed by atoms with E-state index in [-0.39, 0.29) is 30.7 Å². The van der Waals surface area contributed by atoms with Crippen LogP contribution in [0.4, 0.5) is 4.79 Å². The first-order chi connectivity index (χ1) is 16.6. The summed E-state index contributed by atoms with van der Waals surface area (Å²) in [6, 6.07) is 15.4. The number of amidine groups is 1. The molecule has 0 aliphatic rings. The highest BCUT2D eigenvalue weighted by atomic mass is 16.2. The predicted molar refractivity (Wildman–Crippen MR) is 137 cm³/mol. The monoisotopic (exact) mass is 476 g/mol. The third-order valence-corrected chi connectivity index (χ3v) is 4.88. The van der Waals surface area contributed by atoms with E-state index in [4.69, 9.17) is 11.1 Å². The molecular weight excluding hydrogens is 444 g/mol. The van der Waals surface area contributed by atoms with Crippen molar-refractivity contribution in [2.45, 2.75) is 33.4 Å². The molecule has 184 valence electrons. The van der Waals surface area contributed by atoms with E-state index >= 15 is 0 Å². The highest BCUT2D eigenvalue weighted by Crippen LogP contribution is 2.20. The summed E-state index contributed by atoms with van der Waals surface area (Å²) in [5.41, 5.74) is 7.94. The summed E-state index contributed by atoms with van der Waals surface area (Å²) in [7, 11) is 0. The second kappa shape index (κ2) is 12.7. The van der Waals surface area contributed by atoms with Crippen molar-refractivity contribution in [1.82, 2.24) is 20.9 Å². The zero-order valence-corrected chi connectivity index (χ0v) is 20.2. The zero-order valence-electron chi connectivity index (χ0n) is 20.2. The van der Waals surface area contributed by atoms with Crippen LogP contribution in [0.3, 0.4) is 0 Å². The number of carbonyl (C=O) groups excluding carboxylic acids is 3. The van der Waals surface area contributed by atoms with Crippen LogP contribution in [0.5, 0.6) is 0 Å². The summed E-state index contributed by atoms with van der Waals surface area (Å²) >= 11 is 0. The standard InChI is InChI=1S/C26H32N6O3/c1-5-22(20-9-7-6-8-10-20)32(25(34)18(4)31-26(35)30-17(2)3)16-23(33)29-15-19-11-13-21(14-12-19)24(27)28/h5-14,17H,4,15-16H2,1-3H3,(H3,27,28)(H,29,33)(H2,30,31,35)/b22-5-. The van der Waals surface area contributed by atoms with E-state index in [2.05, 4.69) is 22.5 Å². The number of amides is 4. The Hall–Kier alpha value is -4.40. The number of hydrogen-bond acceptors (Lipinski definition) is 4. The molecule has 2 rings (SSSR count). The number of nitrogen functional groups attached to an aromatic ring is 1. The van der Waals surface area contributed by atoms with Gasteiger partial charge < -0.3 is 21.7 Å². The van der Waals surface area contributed by atoms with Crippen LogP contribution in [0.1, 0.15) is 37.5 Å². The minimum Gasteiger partial charge on any atom is -0.384 e. The Morgan fingerprint density at radius 1 is 1.06 bits per heavy atom. The van der Waals surface area contributed by atoms with Crippen LogP contribution in [0, 0.1) is 5.41 Å². The summed E-state index contributed by atoms with van der Waals surface area (Å²) in [4.78, 5) is 39.5. The number of nitrogens with one attached hydrogen (secondary N) is 4. The summed E-state index contributed by atoms with van der Waals surface area (Å²) < 4.78 is 0. The maximum absolute atomic E-state index is 13.3. The van der Waals surface area contributed by atoms with Gasteiger partial charge in [0.05, 0.1) is 0 Å². The Bertz CT molecular complexity index is 1110. The van der Waals surface area contributed by atoms with Gasteiger partial charge in [0, 0.05) is 23.8 Å². The van der Waals surface area contributed by atoms with Gasteiger partial charge in [-0.3, -0.25) is 19.9 Å². The first-order valence-electron chi connectivity index (χ1n) is 11.1. The Morgan fingerprint density at radius 3 is 2.23 bits per heavy atom. The molecular formula is C26H32N6O3. The fraction of sp³-hybridized carbons (Fsp3) is 0.231. The summed E-state index contributed by atoms with van der Waals surface area (Å²) in [6.45, 7) is 9.00. The molecule has 0 saturated heterocycles. The summed E-state index contributed by atoms with van der Waals surface area (Å²) in [5, 5.41) is 15.3. The maximum atomic E-state index is 13.3. The van der Waals surface area contributed by atoms with E-state index in [0.717, 1.165) is 11.1 Å². The minimum absolute atomic E-state index is 0.0366. The largest absolute Gasteiger partial charge is 0.384 e. The topological polar surface area (TPSA) is 140 Å². The van der Waals surface area contributed by atoms with E-state index in [1.54, 1.807) is 51.1 Å². The molecule has 35 heavy (non-hydrogen) atoms. The molecule has 0 aromatic heterocycles. The van der Waals surface area contributed by atoms with E-state index in [0.29, 0.717) is 11.3 Å². The third kappa shape index (κ3) is 8.15. The third-order valence-electron chi connectivity index (χ3n) is 4.88. The lowest BCUT2D eigenvalue weighted by Crippen LogP contribution is -2.45. The van der Waals surface area contributed by atoms with Gasteiger partial charge in [-0.1, -0.05) is 67.3 Å². The molecule has 0 bridgehead atoms. The Balaban J connectivity index is 2.18. The molecule has 0 aliphatic carbocycles. The maximum Gasteiger partial charge on any atom is 0.319 e. The molecule has 6 N–H and O–H groups in total. The van der Waals surface area contributed by atoms with E-state index in [9.17, 15) is 14.4 Å². The van der Waals surface area contributed by atoms with Crippen molar-refractivity contribution < 1.29 is 14.4 Å². The van der Waals surface area contributed by atoms with Crippen molar-refractivity contribution in [3.8, 4) is 0 Å². The molecule has 2 aromatic rings. The van der Waals surface area contributed by atoms with Crippen LogP contribution in [0.15, 0.2) is 72.9 Å². The van der Waals surface area contributed by atoms with Crippen molar-refractivity contribution in [1.29, 1.82) is 5.41 Å². The number of hydrogen-bond donors (Lipinski definition) is 5. The van der Waals surface area contributed by atoms with Crippen LogP contribution >= 0.6 is 0 Å². The molecule has 0 fully saturated rings. The van der Waals surface area contributed by atoms with Gasteiger partial charge in [0.2, 0.25) is 5.91 Å². The molecule has 0 atom stereocenters. The van der Waals surface area contributed by atoms with Crippen molar-refractivity contribution in [3.63, 3.8) is 0 Å². The normalized spacial score (nSPS) is 10.9. The number of carbonyl (C=O) groups is 3. The summed E-state index contributed by atoms with van der Waals surface area (Å²) in [5.74, 6) is -1.05. The first-order valence-corrected chi connectivity index (χ1v) is 11.1. The lowest BCUT2D eigenvalue weighted by atomic mass is 10.1. The van der Waals surface area contributed by atoms with Gasteiger partial charge in [-0.15, -0.1) is 0 Å². The Kier molecular flexibility index (Phi) is 9.77. The summed E-state index contributed by atoms with van der Waals surface area (Å²) in [6.07, 6.45) is 1.72. The Morgan fingerprint density at radius 2 is 1.69 bits per heavy atom. The number of urea groups is 1. The number of rotatable bonds is 10. The first kappa shape index (κ1) is 26.8. The van der Waals surface area contributed by atoms with Crippen LogP contribution in [-0.2, 0) is 16.1 Å². The molecule has 9 heteroatoms. The molecule has 0 spiro atoms. The fourth-order valence-electron chi connectivity index (χ4n) is 3.21. The molecule has 0 unspecified atom stereocenters. The molecule has 2 aromatic carbocycles. The van der Waals surface area contributed by atoms with Gasteiger partial charge >= 0.3 is 6.03 Å². The highest BCUT2D eigenvalue weighted by Gasteiger charge is 2.25. The SMILES string of the molecule is C=C(NC(=O)NC(C)C)C(=O)N(CC(=O)NCc1ccc(C(=N)N)cc1)/C(=C\C)c1ccccc1. The number of nitrogens with zero attached hydrogens (tertiary/aromatic N) is 1. The number of allylic oxidation sites excluding steroid dienone is 1. The van der Waals surface area contributed by atoms with E-state index in [1.807, 2.05) is 30.3 Å². The lowest BCUT2D eigenvalue weighted by molar-refractivity contribution is -0.130. The van der Waals surface area contributed by atoms with E-state index < -0.39 is 17.8 Å². The molecule has 4 amide bonds. The molecule has 0 radical (unpaired) electrons. The minimum atomic E-state index is -0.609. The van der Waals surface area contributed by atoms with E-state index in [1.165, 1.54) is 4.90 Å². The average Bonchev–Trinajstić information content (AvgIpc) is 2.82. The van der Waals surface area contributed by atoms with Gasteiger partial charge in [-0.05, 0) is 31.9 Å². The number of nitrogens with two attached hydrogens (primary N) is 1. The van der Waals surface area contributed by atoms with Gasteiger partial charge in [0.15, 0.2) is 0 Å². The van der Waals surface area contributed by atoms with Crippen molar-refractivity contribution in [2.24, 2.45) is 5.73 Å². The molecule has 9 nitrogen and oxygen atoms in total. The average molecular weight is 477 g/mol. The molecule has 0 saturated carbocycles. The smallest absolute Gasteiger partial charge is 0.319 e. The Labute approximate surface area is 205 Å². The van der Waals surface area contributed by atoms with Crippen LogP contribution in [0.25, 0.3) is 5.70 Å². The van der Waals surface area contributed by atoms with Crippen LogP contribution < -0.4 is 21.7 Å².